The van der Waals surface area contributed by atoms with Gasteiger partial charge in [0.05, 0.1) is 18.9 Å². The van der Waals surface area contributed by atoms with Crippen molar-refractivity contribution in [2.75, 3.05) is 7.11 Å². The van der Waals surface area contributed by atoms with Crippen molar-refractivity contribution >= 4 is 39.3 Å². The van der Waals surface area contributed by atoms with Gasteiger partial charge in [0.1, 0.15) is 0 Å². The number of rotatable bonds is 4. The maximum absolute atomic E-state index is 11.6. The van der Waals surface area contributed by atoms with Crippen LogP contribution in [-0.2, 0) is 16.0 Å². The Morgan fingerprint density at radius 2 is 2.12 bits per heavy atom. The lowest BCUT2D eigenvalue weighted by atomic mass is 10.0. The molecule has 0 N–H and O–H groups in total. The first-order chi connectivity index (χ1) is 7.95. The minimum atomic E-state index is -0.562. The Morgan fingerprint density at radius 1 is 1.47 bits per heavy atom. The highest BCUT2D eigenvalue weighted by Crippen LogP contribution is 2.21. The Bertz CT molecular complexity index is 443. The maximum Gasteiger partial charge on any atom is 0.310 e. The van der Waals surface area contributed by atoms with Crippen LogP contribution in [0.2, 0.25) is 0 Å². The summed E-state index contributed by atoms with van der Waals surface area (Å²) in [7, 11) is 1.34. The van der Waals surface area contributed by atoms with Crippen molar-refractivity contribution in [3.05, 3.63) is 33.8 Å². The molecule has 0 spiro atoms. The van der Waals surface area contributed by atoms with Crippen molar-refractivity contribution in [2.45, 2.75) is 18.7 Å². The number of halogens is 2. The van der Waals surface area contributed by atoms with Gasteiger partial charge in [-0.25, -0.2) is 0 Å². The number of carbonyl (C=O) groups excluding carboxylic acids is 2. The molecule has 0 aliphatic heterocycles. The molecule has 1 atom stereocenters. The number of Topliss-reactive ketones (excluding diaryl/α,β-unsaturated/α-hetero) is 1. The number of methoxy groups -OCH3 is 1. The highest BCUT2D eigenvalue weighted by atomic mass is 79.9. The number of ketones is 1. The molecule has 0 aliphatic carbocycles. The first-order valence-electron chi connectivity index (χ1n) is 4.99. The Kier molecular flexibility index (Phi) is 5.15. The molecule has 1 unspecified atom stereocenters. The summed E-state index contributed by atoms with van der Waals surface area (Å²) >= 11 is 9.04. The SMILES string of the molecule is COC(=O)Cc1ccc(C(=O)C(C)Cl)cc1Br. The second kappa shape index (κ2) is 6.17. The third-order valence-corrected chi connectivity index (χ3v) is 3.20. The minimum absolute atomic E-state index is 0.142. The van der Waals surface area contributed by atoms with Crippen molar-refractivity contribution in [3.63, 3.8) is 0 Å². The van der Waals surface area contributed by atoms with E-state index in [1.54, 1.807) is 25.1 Å². The zero-order valence-corrected chi connectivity index (χ0v) is 11.8. The number of carbonyl (C=O) groups is 2. The molecule has 1 rings (SSSR count). The topological polar surface area (TPSA) is 43.4 Å². The smallest absolute Gasteiger partial charge is 0.310 e. The Labute approximate surface area is 113 Å². The fourth-order valence-corrected chi connectivity index (χ4v) is 1.95. The molecule has 0 heterocycles. The third-order valence-electron chi connectivity index (χ3n) is 2.26. The van der Waals surface area contributed by atoms with Crippen molar-refractivity contribution in [2.24, 2.45) is 0 Å². The van der Waals surface area contributed by atoms with E-state index < -0.39 is 5.38 Å². The lowest BCUT2D eigenvalue weighted by molar-refractivity contribution is -0.139. The standard InChI is InChI=1S/C12H12BrClO3/c1-7(14)12(16)9-4-3-8(10(13)5-9)6-11(15)17-2/h3-5,7H,6H2,1-2H3. The molecule has 0 radical (unpaired) electrons. The minimum Gasteiger partial charge on any atom is -0.469 e. The largest absolute Gasteiger partial charge is 0.469 e. The van der Waals surface area contributed by atoms with E-state index in [0.29, 0.717) is 10.0 Å². The van der Waals surface area contributed by atoms with Gasteiger partial charge >= 0.3 is 5.97 Å². The van der Waals surface area contributed by atoms with E-state index in [2.05, 4.69) is 20.7 Å². The predicted octanol–water partition coefficient (Wildman–Crippen LogP) is 2.97. The molecule has 1 aromatic carbocycles. The monoisotopic (exact) mass is 318 g/mol. The zero-order valence-electron chi connectivity index (χ0n) is 9.50. The van der Waals surface area contributed by atoms with E-state index in [9.17, 15) is 9.59 Å². The average molecular weight is 320 g/mol. The summed E-state index contributed by atoms with van der Waals surface area (Å²) in [6.45, 7) is 1.63. The molecule has 0 fully saturated rings. The lowest BCUT2D eigenvalue weighted by Gasteiger charge is -2.07. The van der Waals surface area contributed by atoms with Crippen LogP contribution in [0, 0.1) is 0 Å². The van der Waals surface area contributed by atoms with E-state index in [1.165, 1.54) is 7.11 Å². The van der Waals surface area contributed by atoms with Gasteiger partial charge in [-0.2, -0.15) is 0 Å². The molecule has 1 aromatic rings. The maximum atomic E-state index is 11.6. The fourth-order valence-electron chi connectivity index (χ4n) is 1.30. The zero-order chi connectivity index (χ0) is 13.0. The summed E-state index contributed by atoms with van der Waals surface area (Å²) in [5.74, 6) is -0.465. The molecule has 0 saturated carbocycles. The van der Waals surface area contributed by atoms with Crippen LogP contribution >= 0.6 is 27.5 Å². The van der Waals surface area contributed by atoms with Crippen LogP contribution in [0.25, 0.3) is 0 Å². The number of hydrogen-bond acceptors (Lipinski definition) is 3. The van der Waals surface area contributed by atoms with E-state index in [0.717, 1.165) is 5.56 Å². The number of benzene rings is 1. The van der Waals surface area contributed by atoms with Gasteiger partial charge in [-0.1, -0.05) is 28.1 Å². The van der Waals surface area contributed by atoms with Crippen LogP contribution in [-0.4, -0.2) is 24.2 Å². The van der Waals surface area contributed by atoms with Crippen LogP contribution in [0.3, 0.4) is 0 Å². The van der Waals surface area contributed by atoms with Gasteiger partial charge in [0.25, 0.3) is 0 Å². The molecule has 3 nitrogen and oxygen atoms in total. The van der Waals surface area contributed by atoms with E-state index >= 15 is 0 Å². The first-order valence-corrected chi connectivity index (χ1v) is 6.22. The van der Waals surface area contributed by atoms with Gasteiger partial charge in [-0.05, 0) is 18.6 Å². The van der Waals surface area contributed by atoms with Crippen LogP contribution in [0.1, 0.15) is 22.8 Å². The van der Waals surface area contributed by atoms with Crippen LogP contribution in [0.5, 0.6) is 0 Å². The van der Waals surface area contributed by atoms with Gasteiger partial charge in [0.2, 0.25) is 0 Å². The Balaban J connectivity index is 2.94. The Morgan fingerprint density at radius 3 is 2.59 bits per heavy atom. The average Bonchev–Trinajstić information content (AvgIpc) is 2.30. The number of esters is 1. The summed E-state index contributed by atoms with van der Waals surface area (Å²) in [6.07, 6.45) is 0.169. The van der Waals surface area contributed by atoms with Gasteiger partial charge in [0, 0.05) is 10.0 Å². The van der Waals surface area contributed by atoms with Gasteiger partial charge in [0.15, 0.2) is 5.78 Å². The third kappa shape index (κ3) is 3.82. The van der Waals surface area contributed by atoms with Gasteiger partial charge < -0.3 is 4.74 Å². The number of ether oxygens (including phenoxy) is 1. The molecule has 0 saturated heterocycles. The summed E-state index contributed by atoms with van der Waals surface area (Å²) < 4.78 is 5.28. The molecule has 0 aliphatic rings. The second-order valence-electron chi connectivity index (χ2n) is 3.54. The molecular formula is C12H12BrClO3. The van der Waals surface area contributed by atoms with Crippen LogP contribution in [0.15, 0.2) is 22.7 Å². The van der Waals surface area contributed by atoms with Crippen molar-refractivity contribution < 1.29 is 14.3 Å². The summed E-state index contributed by atoms with van der Waals surface area (Å²) in [5.41, 5.74) is 1.30. The highest BCUT2D eigenvalue weighted by Gasteiger charge is 2.14. The molecule has 92 valence electrons. The molecule has 0 aromatic heterocycles. The van der Waals surface area contributed by atoms with E-state index in [-0.39, 0.29) is 18.2 Å². The van der Waals surface area contributed by atoms with Crippen LogP contribution < -0.4 is 0 Å². The predicted molar refractivity (Wildman–Crippen MR) is 69.5 cm³/mol. The van der Waals surface area contributed by atoms with Gasteiger partial charge in [-0.15, -0.1) is 11.6 Å². The fraction of sp³-hybridized carbons (Fsp3) is 0.333. The first kappa shape index (κ1) is 14.2. The van der Waals surface area contributed by atoms with Crippen molar-refractivity contribution in [1.29, 1.82) is 0 Å². The summed E-state index contributed by atoms with van der Waals surface area (Å²) in [6, 6.07) is 5.04. The molecule has 0 bridgehead atoms. The van der Waals surface area contributed by atoms with Crippen LogP contribution in [0.4, 0.5) is 0 Å². The summed E-state index contributed by atoms with van der Waals surface area (Å²) in [4.78, 5) is 22.8. The quantitative estimate of drug-likeness (QED) is 0.487. The highest BCUT2D eigenvalue weighted by molar-refractivity contribution is 9.10. The van der Waals surface area contributed by atoms with Crippen molar-refractivity contribution in [3.8, 4) is 0 Å². The van der Waals surface area contributed by atoms with Crippen molar-refractivity contribution in [1.82, 2.24) is 0 Å². The number of alkyl halides is 1. The second-order valence-corrected chi connectivity index (χ2v) is 5.05. The molecule has 5 heteroatoms. The number of hydrogen-bond donors (Lipinski definition) is 0. The molecule has 17 heavy (non-hydrogen) atoms. The normalized spacial score (nSPS) is 12.0. The summed E-state index contributed by atoms with van der Waals surface area (Å²) in [5, 5.41) is -0.562. The Hall–Kier alpha value is -0.870. The van der Waals surface area contributed by atoms with Gasteiger partial charge in [-0.3, -0.25) is 9.59 Å². The molecular weight excluding hydrogens is 307 g/mol. The molecule has 0 amide bonds. The lowest BCUT2D eigenvalue weighted by Crippen LogP contribution is -2.11. The van der Waals surface area contributed by atoms with E-state index in [4.69, 9.17) is 11.6 Å². The van der Waals surface area contributed by atoms with E-state index in [1.807, 2.05) is 0 Å².